The predicted octanol–water partition coefficient (Wildman–Crippen LogP) is 11.3. The molecule has 0 aromatic rings. The van der Waals surface area contributed by atoms with Crippen molar-refractivity contribution in [2.75, 3.05) is 26.4 Å². The minimum absolute atomic E-state index is 0.146. The van der Waals surface area contributed by atoms with Gasteiger partial charge in [-0.05, 0) is 44.4 Å². The standard InChI is InChI=1S/C47H85O11P/c1-4-6-28-34-43(49)35-30-25-21-17-13-11-15-18-22-26-31-36-46(51)55-40-45(41-57-59(53,54)56-39-44(50)38-48)58-47(52)37-32-27-23-19-14-10-8-7-9-12-16-20-24-29-33-42(3)5-2/h11,13,18,21-22,25,30,35,42-45,48-50H,4-10,12,14-17,19-20,23-24,26-29,31-34,36-41H2,1-3H3,(H,53,54)/b13-11-,22-18-,25-21-,35-30+/t42?,43-,44+,45-/m1/s1. The number of aliphatic hydroxyl groups is 3. The fraction of sp³-hybridized carbons (Fsp3) is 0.787. The number of carbonyl (C=O) groups excluding carboxylic acids is 2. The van der Waals surface area contributed by atoms with Gasteiger partial charge < -0.3 is 29.7 Å². The highest BCUT2D eigenvalue weighted by Gasteiger charge is 2.27. The maximum Gasteiger partial charge on any atom is 0.472 e. The van der Waals surface area contributed by atoms with Crippen LogP contribution in [0.1, 0.15) is 188 Å². The lowest BCUT2D eigenvalue weighted by Crippen LogP contribution is -2.29. The predicted molar refractivity (Wildman–Crippen MR) is 239 cm³/mol. The topological polar surface area (TPSA) is 169 Å². The number of hydrogen-bond donors (Lipinski definition) is 4. The number of rotatable bonds is 42. The highest BCUT2D eigenvalue weighted by atomic mass is 31.2. The molecule has 0 heterocycles. The van der Waals surface area contributed by atoms with Crippen molar-refractivity contribution in [2.45, 2.75) is 206 Å². The molecule has 11 nitrogen and oxygen atoms in total. The summed E-state index contributed by atoms with van der Waals surface area (Å²) in [6, 6.07) is 0. The van der Waals surface area contributed by atoms with E-state index >= 15 is 0 Å². The van der Waals surface area contributed by atoms with Crippen LogP contribution in [0.5, 0.6) is 0 Å². The minimum Gasteiger partial charge on any atom is -0.462 e. The molecule has 0 saturated carbocycles. The first-order valence-corrected chi connectivity index (χ1v) is 24.6. The van der Waals surface area contributed by atoms with E-state index in [-0.39, 0.29) is 25.6 Å². The molecule has 0 bridgehead atoms. The van der Waals surface area contributed by atoms with Crippen LogP contribution in [0.3, 0.4) is 0 Å². The summed E-state index contributed by atoms with van der Waals surface area (Å²) < 4.78 is 32.7. The second kappa shape index (κ2) is 41.3. The summed E-state index contributed by atoms with van der Waals surface area (Å²) in [6.07, 6.45) is 39.7. The molecule has 4 N–H and O–H groups in total. The number of carbonyl (C=O) groups is 2. The highest BCUT2D eigenvalue weighted by Crippen LogP contribution is 2.43. The first-order chi connectivity index (χ1) is 28.5. The average Bonchev–Trinajstić information content (AvgIpc) is 3.22. The number of allylic oxidation sites excluding steroid dienone is 7. The van der Waals surface area contributed by atoms with Crippen LogP contribution in [-0.2, 0) is 32.7 Å². The number of phosphoric acid groups is 1. The quantitative estimate of drug-likeness (QED) is 0.0151. The van der Waals surface area contributed by atoms with Crippen molar-refractivity contribution in [3.8, 4) is 0 Å². The number of phosphoric ester groups is 1. The van der Waals surface area contributed by atoms with E-state index in [9.17, 15) is 29.3 Å². The minimum atomic E-state index is -4.64. The highest BCUT2D eigenvalue weighted by molar-refractivity contribution is 7.47. The normalized spacial score (nSPS) is 15.3. The lowest BCUT2D eigenvalue weighted by Gasteiger charge is -2.20. The third kappa shape index (κ3) is 41.0. The van der Waals surface area contributed by atoms with E-state index in [4.69, 9.17) is 19.1 Å². The van der Waals surface area contributed by atoms with Gasteiger partial charge in [0.15, 0.2) is 6.10 Å². The molecule has 0 aliphatic carbocycles. The van der Waals surface area contributed by atoms with E-state index in [1.807, 2.05) is 36.5 Å². The Balaban J connectivity index is 4.38. The number of ether oxygens (including phenoxy) is 2. The van der Waals surface area contributed by atoms with Crippen LogP contribution >= 0.6 is 7.82 Å². The third-order valence-corrected chi connectivity index (χ3v) is 11.1. The molecular weight excluding hydrogens is 771 g/mol. The fourth-order valence-electron chi connectivity index (χ4n) is 6.13. The summed E-state index contributed by atoms with van der Waals surface area (Å²) >= 11 is 0. The van der Waals surface area contributed by atoms with Crippen LogP contribution in [0.25, 0.3) is 0 Å². The number of hydrogen-bond acceptors (Lipinski definition) is 10. The van der Waals surface area contributed by atoms with Crippen molar-refractivity contribution in [3.63, 3.8) is 0 Å². The second-order valence-electron chi connectivity index (χ2n) is 15.9. The van der Waals surface area contributed by atoms with Gasteiger partial charge in [0.1, 0.15) is 12.7 Å². The van der Waals surface area contributed by atoms with Crippen molar-refractivity contribution in [2.24, 2.45) is 5.92 Å². The van der Waals surface area contributed by atoms with Gasteiger partial charge in [0.25, 0.3) is 0 Å². The van der Waals surface area contributed by atoms with Crippen molar-refractivity contribution in [1.29, 1.82) is 0 Å². The van der Waals surface area contributed by atoms with Crippen molar-refractivity contribution in [3.05, 3.63) is 48.6 Å². The molecule has 0 aromatic carbocycles. The Labute approximate surface area is 358 Å². The van der Waals surface area contributed by atoms with Gasteiger partial charge in [-0.25, -0.2) is 4.57 Å². The van der Waals surface area contributed by atoms with Gasteiger partial charge >= 0.3 is 19.8 Å². The molecule has 59 heavy (non-hydrogen) atoms. The molecule has 0 amide bonds. The summed E-state index contributed by atoms with van der Waals surface area (Å²) in [5.41, 5.74) is 0. The number of esters is 2. The van der Waals surface area contributed by atoms with Crippen molar-refractivity contribution < 1.29 is 52.9 Å². The number of aliphatic hydroxyl groups excluding tert-OH is 3. The maximum absolute atomic E-state index is 12.6. The molecule has 344 valence electrons. The molecule has 5 atom stereocenters. The lowest BCUT2D eigenvalue weighted by atomic mass is 9.99. The number of unbranched alkanes of at least 4 members (excludes halogenated alkanes) is 16. The first-order valence-electron chi connectivity index (χ1n) is 23.1. The SMILES string of the molecule is CCCCC[C@@H](O)/C=C/C=C\C/C=C\C/C=C\CCCC(=O)OC[C@H](COP(=O)(O)OC[C@@H](O)CO)OC(=O)CCCCCCCCCCCCCCCCC(C)CC. The molecule has 0 radical (unpaired) electrons. The molecule has 12 heteroatoms. The zero-order valence-electron chi connectivity index (χ0n) is 37.2. The summed E-state index contributed by atoms with van der Waals surface area (Å²) in [5, 5.41) is 28.2. The summed E-state index contributed by atoms with van der Waals surface area (Å²) in [5.74, 6) is -0.147. The van der Waals surface area contributed by atoms with E-state index in [1.165, 1.54) is 77.0 Å². The Kier molecular flexibility index (Phi) is 39.8. The molecule has 0 saturated heterocycles. The zero-order chi connectivity index (χ0) is 43.7. The van der Waals surface area contributed by atoms with Gasteiger partial charge in [0, 0.05) is 12.8 Å². The monoisotopic (exact) mass is 857 g/mol. The Hall–Kier alpha value is -2.11. The smallest absolute Gasteiger partial charge is 0.462 e. The Bertz CT molecular complexity index is 1150. The Morgan fingerprint density at radius 2 is 1.17 bits per heavy atom. The van der Waals surface area contributed by atoms with Gasteiger partial charge in [-0.3, -0.25) is 18.6 Å². The van der Waals surface area contributed by atoms with Crippen LogP contribution in [0, 0.1) is 5.92 Å². The maximum atomic E-state index is 12.6. The molecular formula is C47H85O11P. The second-order valence-corrected chi connectivity index (χ2v) is 17.3. The van der Waals surface area contributed by atoms with E-state index < -0.39 is 51.8 Å². The summed E-state index contributed by atoms with van der Waals surface area (Å²) in [4.78, 5) is 35.0. The Morgan fingerprint density at radius 3 is 1.78 bits per heavy atom. The van der Waals surface area contributed by atoms with Gasteiger partial charge in [-0.2, -0.15) is 0 Å². The van der Waals surface area contributed by atoms with Crippen molar-refractivity contribution >= 4 is 19.8 Å². The van der Waals surface area contributed by atoms with Crippen LogP contribution in [0.2, 0.25) is 0 Å². The first kappa shape index (κ1) is 56.9. The van der Waals surface area contributed by atoms with E-state index in [1.54, 1.807) is 0 Å². The van der Waals surface area contributed by atoms with E-state index in [0.717, 1.165) is 63.7 Å². The van der Waals surface area contributed by atoms with E-state index in [2.05, 4.69) is 37.4 Å². The molecule has 0 aliphatic heterocycles. The zero-order valence-corrected chi connectivity index (χ0v) is 38.1. The third-order valence-electron chi connectivity index (χ3n) is 10.1. The summed E-state index contributed by atoms with van der Waals surface area (Å²) in [7, 11) is -4.64. The Morgan fingerprint density at radius 1 is 0.627 bits per heavy atom. The molecule has 2 unspecified atom stereocenters. The van der Waals surface area contributed by atoms with Crippen LogP contribution < -0.4 is 0 Å². The van der Waals surface area contributed by atoms with E-state index in [0.29, 0.717) is 19.3 Å². The van der Waals surface area contributed by atoms with Gasteiger partial charge in [0.2, 0.25) is 0 Å². The van der Waals surface area contributed by atoms with Crippen LogP contribution in [-0.4, -0.2) is 76.9 Å². The van der Waals surface area contributed by atoms with Gasteiger partial charge in [0.05, 0.1) is 25.9 Å². The fourth-order valence-corrected chi connectivity index (χ4v) is 6.92. The molecule has 0 aliphatic rings. The molecule has 0 fully saturated rings. The molecule has 0 rings (SSSR count). The van der Waals surface area contributed by atoms with Crippen LogP contribution in [0.4, 0.5) is 0 Å². The van der Waals surface area contributed by atoms with Gasteiger partial charge in [-0.1, -0.05) is 185 Å². The van der Waals surface area contributed by atoms with Crippen LogP contribution in [0.15, 0.2) is 48.6 Å². The average molecular weight is 857 g/mol. The largest absolute Gasteiger partial charge is 0.472 e. The van der Waals surface area contributed by atoms with Crippen molar-refractivity contribution in [1.82, 2.24) is 0 Å². The molecule has 0 aromatic heterocycles. The van der Waals surface area contributed by atoms with Gasteiger partial charge in [-0.15, -0.1) is 0 Å². The summed E-state index contributed by atoms with van der Waals surface area (Å²) in [6.45, 7) is 4.56. The molecule has 0 spiro atoms. The lowest BCUT2D eigenvalue weighted by molar-refractivity contribution is -0.161.